The molecule has 114 valence electrons. The van der Waals surface area contributed by atoms with Crippen molar-refractivity contribution < 1.29 is 14.7 Å². The molecule has 1 aromatic rings. The molecule has 0 bridgehead atoms. The number of rotatable bonds is 4. The summed E-state index contributed by atoms with van der Waals surface area (Å²) in [5, 5.41) is 12.6. The van der Waals surface area contributed by atoms with Crippen molar-refractivity contribution in [2.75, 3.05) is 0 Å². The van der Waals surface area contributed by atoms with Crippen LogP contribution >= 0.6 is 11.6 Å². The number of carboxylic acid groups (broad SMARTS) is 1. The molecule has 21 heavy (non-hydrogen) atoms. The molecule has 1 atom stereocenters. The van der Waals surface area contributed by atoms with E-state index < -0.39 is 22.8 Å². The van der Waals surface area contributed by atoms with Gasteiger partial charge in [-0.2, -0.15) is 0 Å². The number of halogens is 1. The highest BCUT2D eigenvalue weighted by Gasteiger charge is 2.52. The third kappa shape index (κ3) is 3.21. The number of hydrogen-bond donors (Lipinski definition) is 2. The van der Waals surface area contributed by atoms with Crippen LogP contribution in [0.15, 0.2) is 24.3 Å². The Bertz CT molecular complexity index is 556. The molecule has 1 saturated carbocycles. The summed E-state index contributed by atoms with van der Waals surface area (Å²) < 4.78 is 0. The Labute approximate surface area is 129 Å². The van der Waals surface area contributed by atoms with E-state index in [0.29, 0.717) is 5.02 Å². The minimum absolute atomic E-state index is 0.216. The first-order valence-electron chi connectivity index (χ1n) is 6.97. The first-order valence-corrected chi connectivity index (χ1v) is 7.34. The number of benzene rings is 1. The molecule has 1 aliphatic carbocycles. The molecule has 1 aromatic carbocycles. The average Bonchev–Trinajstić information content (AvgIpc) is 3.16. The number of carbonyl (C=O) groups is 2. The molecule has 4 nitrogen and oxygen atoms in total. The van der Waals surface area contributed by atoms with E-state index in [1.807, 2.05) is 12.1 Å². The predicted molar refractivity (Wildman–Crippen MR) is 81.4 cm³/mol. The van der Waals surface area contributed by atoms with Crippen molar-refractivity contribution in [1.82, 2.24) is 5.32 Å². The zero-order valence-corrected chi connectivity index (χ0v) is 13.2. The molecular formula is C16H20ClNO3. The van der Waals surface area contributed by atoms with Crippen molar-refractivity contribution in [3.05, 3.63) is 34.9 Å². The van der Waals surface area contributed by atoms with E-state index in [-0.39, 0.29) is 5.91 Å². The minimum Gasteiger partial charge on any atom is -0.480 e. The molecular weight excluding hydrogens is 290 g/mol. The highest BCUT2D eigenvalue weighted by atomic mass is 35.5. The lowest BCUT2D eigenvalue weighted by Crippen LogP contribution is -2.52. The number of carbonyl (C=O) groups excluding carboxylic acids is 1. The Morgan fingerprint density at radius 2 is 1.76 bits per heavy atom. The summed E-state index contributed by atoms with van der Waals surface area (Å²) in [6.45, 7) is 5.40. The van der Waals surface area contributed by atoms with Crippen molar-refractivity contribution >= 4 is 23.5 Å². The maximum Gasteiger partial charge on any atom is 0.326 e. The van der Waals surface area contributed by atoms with Gasteiger partial charge >= 0.3 is 5.97 Å². The fourth-order valence-corrected chi connectivity index (χ4v) is 2.58. The van der Waals surface area contributed by atoms with E-state index in [9.17, 15) is 14.7 Å². The summed E-state index contributed by atoms with van der Waals surface area (Å²) in [5.74, 6) is -1.23. The third-order valence-corrected chi connectivity index (χ3v) is 4.22. The molecule has 0 radical (unpaired) electrons. The highest BCUT2D eigenvalue weighted by molar-refractivity contribution is 6.30. The lowest BCUT2D eigenvalue weighted by molar-refractivity contribution is -0.145. The molecule has 1 aliphatic rings. The van der Waals surface area contributed by atoms with E-state index in [1.165, 1.54) is 0 Å². The van der Waals surface area contributed by atoms with Crippen molar-refractivity contribution in [2.24, 2.45) is 5.41 Å². The Morgan fingerprint density at radius 3 is 2.14 bits per heavy atom. The second-order valence-electron chi connectivity index (χ2n) is 6.70. The van der Waals surface area contributed by atoms with Gasteiger partial charge in [-0.25, -0.2) is 4.79 Å². The van der Waals surface area contributed by atoms with Gasteiger partial charge in [0.25, 0.3) is 0 Å². The number of carboxylic acids is 1. The summed E-state index contributed by atoms with van der Waals surface area (Å²) in [5.41, 5.74) is -0.247. The predicted octanol–water partition coefficient (Wildman–Crippen LogP) is 2.99. The standard InChI is InChI=1S/C16H20ClNO3/c1-15(2,3)12(13(19)20)18-14(21)16(8-9-16)10-4-6-11(17)7-5-10/h4-7,12H,8-9H2,1-3H3,(H,18,21)(H,19,20). The molecule has 1 fully saturated rings. The Balaban J connectivity index is 2.20. The molecule has 0 heterocycles. The van der Waals surface area contributed by atoms with Crippen LogP contribution in [0.1, 0.15) is 39.2 Å². The van der Waals surface area contributed by atoms with E-state index in [0.717, 1.165) is 18.4 Å². The number of hydrogen-bond acceptors (Lipinski definition) is 2. The van der Waals surface area contributed by atoms with Gasteiger partial charge in [-0.3, -0.25) is 4.79 Å². The maximum absolute atomic E-state index is 12.6. The van der Waals surface area contributed by atoms with E-state index in [2.05, 4.69) is 5.32 Å². The van der Waals surface area contributed by atoms with Crippen LogP contribution in [0, 0.1) is 5.41 Å². The number of aliphatic carboxylic acids is 1. The topological polar surface area (TPSA) is 66.4 Å². The van der Waals surface area contributed by atoms with Crippen molar-refractivity contribution in [3.63, 3.8) is 0 Å². The van der Waals surface area contributed by atoms with Gasteiger partial charge < -0.3 is 10.4 Å². The van der Waals surface area contributed by atoms with Crippen molar-refractivity contribution in [1.29, 1.82) is 0 Å². The van der Waals surface area contributed by atoms with Crippen LogP contribution in [0.25, 0.3) is 0 Å². The first-order chi connectivity index (χ1) is 9.67. The first kappa shape index (κ1) is 15.8. The molecule has 2 N–H and O–H groups in total. The molecule has 0 spiro atoms. The molecule has 1 unspecified atom stereocenters. The van der Waals surface area contributed by atoms with Crippen molar-refractivity contribution in [2.45, 2.75) is 45.1 Å². The lowest BCUT2D eigenvalue weighted by Gasteiger charge is -2.29. The molecule has 0 aliphatic heterocycles. The highest BCUT2D eigenvalue weighted by Crippen LogP contribution is 2.48. The van der Waals surface area contributed by atoms with Gasteiger partial charge in [0, 0.05) is 5.02 Å². The summed E-state index contributed by atoms with van der Waals surface area (Å²) in [6.07, 6.45) is 1.47. The summed E-state index contributed by atoms with van der Waals surface area (Å²) in [4.78, 5) is 23.9. The number of nitrogens with one attached hydrogen (secondary N) is 1. The molecule has 1 amide bonds. The van der Waals surface area contributed by atoms with Crippen molar-refractivity contribution in [3.8, 4) is 0 Å². The fraction of sp³-hybridized carbons (Fsp3) is 0.500. The van der Waals surface area contributed by atoms with Crippen LogP contribution in [0.2, 0.25) is 5.02 Å². The van der Waals surface area contributed by atoms with Gasteiger partial charge in [0.15, 0.2) is 0 Å². The average molecular weight is 310 g/mol. The zero-order valence-electron chi connectivity index (χ0n) is 12.4. The largest absolute Gasteiger partial charge is 0.480 e. The van der Waals surface area contributed by atoms with Gasteiger partial charge in [0.1, 0.15) is 6.04 Å². The summed E-state index contributed by atoms with van der Waals surface area (Å²) in [6, 6.07) is 6.27. The molecule has 2 rings (SSSR count). The quantitative estimate of drug-likeness (QED) is 0.898. The SMILES string of the molecule is CC(C)(C)C(NC(=O)C1(c2ccc(Cl)cc2)CC1)C(=O)O. The molecule has 0 saturated heterocycles. The van der Waals surface area contributed by atoms with E-state index in [1.54, 1.807) is 32.9 Å². The van der Waals surface area contributed by atoms with Crippen LogP contribution in [0.4, 0.5) is 0 Å². The smallest absolute Gasteiger partial charge is 0.326 e. The van der Waals surface area contributed by atoms with E-state index >= 15 is 0 Å². The zero-order chi connectivity index (χ0) is 15.8. The van der Waals surface area contributed by atoms with E-state index in [4.69, 9.17) is 11.6 Å². The second-order valence-corrected chi connectivity index (χ2v) is 7.14. The normalized spacial score (nSPS) is 17.9. The third-order valence-electron chi connectivity index (χ3n) is 3.97. The molecule has 0 aromatic heterocycles. The Kier molecular flexibility index (Phi) is 4.02. The van der Waals surface area contributed by atoms with Gasteiger partial charge in [-0.1, -0.05) is 44.5 Å². The second kappa shape index (κ2) is 5.34. The lowest BCUT2D eigenvalue weighted by atomic mass is 9.85. The van der Waals surface area contributed by atoms with Gasteiger partial charge in [0.05, 0.1) is 5.41 Å². The minimum atomic E-state index is -1.01. The fourth-order valence-electron chi connectivity index (χ4n) is 2.46. The maximum atomic E-state index is 12.6. The van der Waals surface area contributed by atoms with Gasteiger partial charge in [-0.15, -0.1) is 0 Å². The summed E-state index contributed by atoms with van der Waals surface area (Å²) in [7, 11) is 0. The Hall–Kier alpha value is -1.55. The van der Waals surface area contributed by atoms with Crippen LogP contribution in [0.3, 0.4) is 0 Å². The molecule has 5 heteroatoms. The van der Waals surface area contributed by atoms with Crippen LogP contribution in [0.5, 0.6) is 0 Å². The van der Waals surface area contributed by atoms with Gasteiger partial charge in [-0.05, 0) is 36.0 Å². The van der Waals surface area contributed by atoms with Gasteiger partial charge in [0.2, 0.25) is 5.91 Å². The van der Waals surface area contributed by atoms with Crippen LogP contribution in [-0.4, -0.2) is 23.0 Å². The summed E-state index contributed by atoms with van der Waals surface area (Å²) >= 11 is 5.87. The number of amides is 1. The monoisotopic (exact) mass is 309 g/mol. The Morgan fingerprint density at radius 1 is 1.24 bits per heavy atom. The van der Waals surface area contributed by atoms with Crippen LogP contribution in [-0.2, 0) is 15.0 Å². The van der Waals surface area contributed by atoms with Crippen LogP contribution < -0.4 is 5.32 Å².